The molecule has 0 heterocycles. The molecular formula is C46H65Cl3O4. The normalized spacial score (nSPS) is 11.4. The highest BCUT2D eigenvalue weighted by Crippen LogP contribution is 2.32. The van der Waals surface area contributed by atoms with E-state index in [0.717, 1.165) is 30.5 Å². The molecule has 0 aliphatic rings. The molecule has 7 heteroatoms. The van der Waals surface area contributed by atoms with Crippen molar-refractivity contribution in [2.24, 2.45) is 21.7 Å². The lowest BCUT2D eigenvalue weighted by molar-refractivity contribution is 0.197. The molecule has 4 rings (SSSR count). The van der Waals surface area contributed by atoms with Crippen molar-refractivity contribution >= 4 is 34.8 Å². The van der Waals surface area contributed by atoms with Crippen LogP contribution in [0.5, 0.6) is 23.0 Å². The van der Waals surface area contributed by atoms with E-state index < -0.39 is 0 Å². The molecule has 0 amide bonds. The van der Waals surface area contributed by atoms with Crippen LogP contribution in [0.2, 0.25) is 15.1 Å². The Morgan fingerprint density at radius 1 is 0.396 bits per heavy atom. The lowest BCUT2D eigenvalue weighted by Gasteiger charge is -2.19. The van der Waals surface area contributed by atoms with Crippen LogP contribution >= 0.6 is 34.8 Å². The molecule has 0 aromatic heterocycles. The Hall–Kier alpha value is -3.05. The van der Waals surface area contributed by atoms with Gasteiger partial charge in [-0.05, 0) is 83.5 Å². The van der Waals surface area contributed by atoms with Gasteiger partial charge in [-0.25, -0.2) is 0 Å². The van der Waals surface area contributed by atoms with Crippen LogP contribution in [0.25, 0.3) is 0 Å². The van der Waals surface area contributed by atoms with Crippen LogP contribution in [0.4, 0.5) is 0 Å². The molecule has 0 spiro atoms. The molecule has 0 bridgehead atoms. The summed E-state index contributed by atoms with van der Waals surface area (Å²) in [6, 6.07) is 29.2. The minimum Gasteiger partial charge on any atom is -0.493 e. The summed E-state index contributed by atoms with van der Waals surface area (Å²) in [5.74, 6) is 3.37. The van der Waals surface area contributed by atoms with E-state index in [0.29, 0.717) is 34.0 Å². The lowest BCUT2D eigenvalue weighted by atomic mass is 9.98. The van der Waals surface area contributed by atoms with Crippen molar-refractivity contribution in [2.45, 2.75) is 96.9 Å². The molecule has 0 aliphatic carbocycles. The average Bonchev–Trinajstić information content (AvgIpc) is 3.04. The van der Waals surface area contributed by atoms with Gasteiger partial charge in [-0.1, -0.05) is 172 Å². The zero-order valence-corrected chi connectivity index (χ0v) is 37.0. The Labute approximate surface area is 337 Å². The third kappa shape index (κ3) is 24.1. The number of para-hydroxylation sites is 2. The first-order valence-corrected chi connectivity index (χ1v) is 19.3. The van der Waals surface area contributed by atoms with E-state index in [1.165, 1.54) is 11.1 Å². The fourth-order valence-electron chi connectivity index (χ4n) is 3.69. The molecular weight excluding hydrogens is 723 g/mol. The summed E-state index contributed by atoms with van der Waals surface area (Å²) in [6.45, 7) is 32.7. The number of aryl methyl sites for hydroxylation is 2. The number of benzene rings is 4. The predicted octanol–water partition coefficient (Wildman–Crippen LogP) is 15.0. The smallest absolute Gasteiger partial charge is 0.139 e. The molecule has 4 nitrogen and oxygen atoms in total. The van der Waals surface area contributed by atoms with Crippen molar-refractivity contribution < 1.29 is 18.9 Å². The van der Waals surface area contributed by atoms with Gasteiger partial charge >= 0.3 is 0 Å². The molecule has 0 fully saturated rings. The molecule has 0 radical (unpaired) electrons. The summed E-state index contributed by atoms with van der Waals surface area (Å²) in [5.41, 5.74) is 3.20. The standard InChI is InChI=1S/2C12H18O.C11H14Cl2O.C11H15ClO/c1-10-5-7-11(8-6-10)13-9-12(2,3)4;1-10-7-5-6-8-11(10)13-9-12(2,3)4;1-11(2,3)7-14-9-6-4-5-8(12)10(9)13;1-11(2,3)8-13-10-7-5-4-6-9(10)12/h2*5-8H,9H2,1-4H3;4-6H,7H2,1-3H3;4-7H,8H2,1-3H3. The van der Waals surface area contributed by atoms with Gasteiger partial charge in [0.15, 0.2) is 0 Å². The zero-order valence-electron chi connectivity index (χ0n) is 34.8. The van der Waals surface area contributed by atoms with Gasteiger partial charge in [0.2, 0.25) is 0 Å². The maximum atomic E-state index is 5.97. The summed E-state index contributed by atoms with van der Waals surface area (Å²) >= 11 is 17.7. The second-order valence-corrected chi connectivity index (χ2v) is 19.2. The number of rotatable bonds is 8. The third-order valence-corrected chi connectivity index (χ3v) is 7.64. The van der Waals surface area contributed by atoms with E-state index in [9.17, 15) is 0 Å². The van der Waals surface area contributed by atoms with Gasteiger partial charge in [-0.15, -0.1) is 0 Å². The second-order valence-electron chi connectivity index (χ2n) is 18.0. The summed E-state index contributed by atoms with van der Waals surface area (Å²) in [5, 5.41) is 1.68. The topological polar surface area (TPSA) is 36.9 Å². The first-order chi connectivity index (χ1) is 24.3. The molecule has 0 saturated carbocycles. The minimum absolute atomic E-state index is 0.117. The predicted molar refractivity (Wildman–Crippen MR) is 230 cm³/mol. The molecule has 0 N–H and O–H groups in total. The molecule has 4 aromatic rings. The second kappa shape index (κ2) is 22.4. The highest BCUT2D eigenvalue weighted by atomic mass is 35.5. The number of halogens is 3. The van der Waals surface area contributed by atoms with Crippen LogP contribution in [0.15, 0.2) is 91.0 Å². The summed E-state index contributed by atoms with van der Waals surface area (Å²) in [7, 11) is 0. The quantitative estimate of drug-likeness (QED) is 0.178. The minimum atomic E-state index is 0.117. The molecule has 0 atom stereocenters. The van der Waals surface area contributed by atoms with Crippen LogP contribution < -0.4 is 18.9 Å². The lowest BCUT2D eigenvalue weighted by Crippen LogP contribution is -2.17. The van der Waals surface area contributed by atoms with Gasteiger partial charge in [0.05, 0.1) is 36.5 Å². The Kier molecular flexibility index (Phi) is 20.2. The van der Waals surface area contributed by atoms with Crippen molar-refractivity contribution in [3.8, 4) is 23.0 Å². The first kappa shape index (κ1) is 48.0. The van der Waals surface area contributed by atoms with E-state index in [2.05, 4.69) is 115 Å². The van der Waals surface area contributed by atoms with E-state index in [1.54, 1.807) is 6.07 Å². The number of hydrogen-bond acceptors (Lipinski definition) is 4. The molecule has 0 saturated heterocycles. The SMILES string of the molecule is CC(C)(C)COc1cccc(Cl)c1Cl.CC(C)(C)COc1ccccc1Cl.Cc1ccc(OCC(C)(C)C)cc1.Cc1ccccc1OCC(C)(C)C. The van der Waals surface area contributed by atoms with Gasteiger partial charge in [-0.2, -0.15) is 0 Å². The fourth-order valence-corrected chi connectivity index (χ4v) is 4.23. The monoisotopic (exact) mass is 786 g/mol. The molecule has 53 heavy (non-hydrogen) atoms. The average molecular weight is 788 g/mol. The van der Waals surface area contributed by atoms with Gasteiger partial charge < -0.3 is 18.9 Å². The summed E-state index contributed by atoms with van der Waals surface area (Å²) in [4.78, 5) is 0. The van der Waals surface area contributed by atoms with Gasteiger partial charge in [0, 0.05) is 0 Å². The molecule has 4 aromatic carbocycles. The van der Waals surface area contributed by atoms with Crippen molar-refractivity contribution in [1.82, 2.24) is 0 Å². The van der Waals surface area contributed by atoms with E-state index >= 15 is 0 Å². The number of ether oxygens (including phenoxy) is 4. The molecule has 0 unspecified atom stereocenters. The van der Waals surface area contributed by atoms with Crippen molar-refractivity contribution in [1.29, 1.82) is 0 Å². The van der Waals surface area contributed by atoms with E-state index in [4.69, 9.17) is 53.8 Å². The fraction of sp³-hybridized carbons (Fsp3) is 0.478. The Bertz CT molecular complexity index is 1550. The third-order valence-electron chi connectivity index (χ3n) is 6.52. The largest absolute Gasteiger partial charge is 0.493 e. The summed E-state index contributed by atoms with van der Waals surface area (Å²) in [6.07, 6.45) is 0. The van der Waals surface area contributed by atoms with Gasteiger partial charge in [-0.3, -0.25) is 0 Å². The Morgan fingerprint density at radius 2 is 0.774 bits per heavy atom. The first-order valence-electron chi connectivity index (χ1n) is 18.2. The van der Waals surface area contributed by atoms with Gasteiger partial charge in [0.1, 0.15) is 28.0 Å². The molecule has 294 valence electrons. The van der Waals surface area contributed by atoms with Crippen molar-refractivity contribution in [3.05, 3.63) is 117 Å². The van der Waals surface area contributed by atoms with Crippen LogP contribution in [0.3, 0.4) is 0 Å². The van der Waals surface area contributed by atoms with Crippen LogP contribution in [-0.2, 0) is 0 Å². The van der Waals surface area contributed by atoms with E-state index in [-0.39, 0.29) is 21.7 Å². The molecule has 0 aliphatic heterocycles. The Morgan fingerprint density at radius 3 is 1.25 bits per heavy atom. The maximum absolute atomic E-state index is 5.97. The highest BCUT2D eigenvalue weighted by molar-refractivity contribution is 6.42. The van der Waals surface area contributed by atoms with Crippen molar-refractivity contribution in [3.63, 3.8) is 0 Å². The van der Waals surface area contributed by atoms with Crippen LogP contribution in [0, 0.1) is 35.5 Å². The maximum Gasteiger partial charge on any atom is 0.139 e. The Balaban J connectivity index is 0.000000354. The highest BCUT2D eigenvalue weighted by Gasteiger charge is 2.14. The number of hydrogen-bond donors (Lipinski definition) is 0. The van der Waals surface area contributed by atoms with Gasteiger partial charge in [0.25, 0.3) is 0 Å². The summed E-state index contributed by atoms with van der Waals surface area (Å²) < 4.78 is 22.5. The van der Waals surface area contributed by atoms with Crippen molar-refractivity contribution in [2.75, 3.05) is 26.4 Å². The zero-order chi connectivity index (χ0) is 40.5. The van der Waals surface area contributed by atoms with Crippen LogP contribution in [-0.4, -0.2) is 26.4 Å². The van der Waals surface area contributed by atoms with Crippen LogP contribution in [0.1, 0.15) is 94.2 Å². The van der Waals surface area contributed by atoms with E-state index in [1.807, 2.05) is 66.7 Å².